The number of nitrogens with zero attached hydrogens (tertiary/aromatic N) is 1. The maximum Gasteiger partial charge on any atom is 0.251 e. The molecular weight excluding hydrogens is 284 g/mol. The molecule has 0 spiro atoms. The van der Waals surface area contributed by atoms with Crippen molar-refractivity contribution in [3.05, 3.63) is 101 Å². The zero-order valence-electron chi connectivity index (χ0n) is 12.8. The summed E-state index contributed by atoms with van der Waals surface area (Å²) in [4.78, 5) is 16.6. The van der Waals surface area contributed by atoms with Crippen LogP contribution in [0.4, 0.5) is 0 Å². The lowest BCUT2D eigenvalue weighted by atomic mass is 9.99. The standard InChI is InChI=1S/C20H18N2O/c23-20(22-15-17-9-6-12-21-14-17)19-11-5-4-10-18(19)13-16-7-2-1-3-8-16/h1-12,14H,13,15H2,(H,22,23). The van der Waals surface area contributed by atoms with Crippen LogP contribution in [0.2, 0.25) is 0 Å². The van der Waals surface area contributed by atoms with Crippen molar-refractivity contribution in [2.75, 3.05) is 0 Å². The predicted octanol–water partition coefficient (Wildman–Crippen LogP) is 3.60. The Bertz CT molecular complexity index is 770. The lowest BCUT2D eigenvalue weighted by molar-refractivity contribution is 0.0950. The molecule has 0 saturated carbocycles. The molecule has 3 aromatic rings. The van der Waals surface area contributed by atoms with Crippen molar-refractivity contribution in [2.45, 2.75) is 13.0 Å². The third kappa shape index (κ3) is 4.04. The molecule has 0 bridgehead atoms. The highest BCUT2D eigenvalue weighted by atomic mass is 16.1. The molecule has 1 N–H and O–H groups in total. The van der Waals surface area contributed by atoms with Crippen molar-refractivity contribution < 1.29 is 4.79 Å². The first-order valence-electron chi connectivity index (χ1n) is 7.62. The molecule has 0 aliphatic rings. The molecule has 0 aliphatic heterocycles. The highest BCUT2D eigenvalue weighted by Gasteiger charge is 2.11. The summed E-state index contributed by atoms with van der Waals surface area (Å²) in [6.07, 6.45) is 4.23. The van der Waals surface area contributed by atoms with Crippen LogP contribution in [-0.4, -0.2) is 10.9 Å². The summed E-state index contributed by atoms with van der Waals surface area (Å²) in [5, 5.41) is 2.96. The van der Waals surface area contributed by atoms with E-state index >= 15 is 0 Å². The van der Waals surface area contributed by atoms with Gasteiger partial charge in [0.05, 0.1) is 0 Å². The highest BCUT2D eigenvalue weighted by Crippen LogP contribution is 2.14. The van der Waals surface area contributed by atoms with Crippen molar-refractivity contribution in [1.82, 2.24) is 10.3 Å². The summed E-state index contributed by atoms with van der Waals surface area (Å²) in [6.45, 7) is 0.479. The number of rotatable bonds is 5. The van der Waals surface area contributed by atoms with E-state index in [0.717, 1.165) is 23.1 Å². The van der Waals surface area contributed by atoms with Gasteiger partial charge in [0, 0.05) is 24.5 Å². The molecule has 1 heterocycles. The minimum atomic E-state index is -0.0552. The quantitative estimate of drug-likeness (QED) is 0.782. The summed E-state index contributed by atoms with van der Waals surface area (Å²) in [6, 6.07) is 21.7. The zero-order chi connectivity index (χ0) is 15.9. The van der Waals surface area contributed by atoms with Crippen molar-refractivity contribution in [2.24, 2.45) is 0 Å². The Morgan fingerprint density at radius 2 is 1.61 bits per heavy atom. The van der Waals surface area contributed by atoms with Crippen molar-refractivity contribution in [3.63, 3.8) is 0 Å². The number of benzene rings is 2. The van der Waals surface area contributed by atoms with Crippen LogP contribution in [0.5, 0.6) is 0 Å². The van der Waals surface area contributed by atoms with Crippen LogP contribution < -0.4 is 5.32 Å². The molecule has 23 heavy (non-hydrogen) atoms. The molecule has 114 valence electrons. The van der Waals surface area contributed by atoms with E-state index in [-0.39, 0.29) is 5.91 Å². The van der Waals surface area contributed by atoms with E-state index in [1.54, 1.807) is 12.4 Å². The Hall–Kier alpha value is -2.94. The van der Waals surface area contributed by atoms with E-state index in [9.17, 15) is 4.79 Å². The summed E-state index contributed by atoms with van der Waals surface area (Å²) in [5.41, 5.74) is 3.93. The van der Waals surface area contributed by atoms with Crippen molar-refractivity contribution in [1.29, 1.82) is 0 Å². The van der Waals surface area contributed by atoms with Crippen LogP contribution in [0.1, 0.15) is 27.0 Å². The number of amides is 1. The van der Waals surface area contributed by atoms with E-state index in [0.29, 0.717) is 6.54 Å². The fourth-order valence-corrected chi connectivity index (χ4v) is 2.49. The number of carbonyl (C=O) groups is 1. The summed E-state index contributed by atoms with van der Waals surface area (Å²) < 4.78 is 0. The van der Waals surface area contributed by atoms with Gasteiger partial charge in [-0.3, -0.25) is 9.78 Å². The third-order valence-corrected chi connectivity index (χ3v) is 3.68. The molecule has 3 nitrogen and oxygen atoms in total. The maximum absolute atomic E-state index is 12.5. The lowest BCUT2D eigenvalue weighted by Gasteiger charge is -2.10. The zero-order valence-corrected chi connectivity index (χ0v) is 12.8. The molecule has 0 radical (unpaired) electrons. The van der Waals surface area contributed by atoms with Gasteiger partial charge in [0.15, 0.2) is 0 Å². The SMILES string of the molecule is O=C(NCc1cccnc1)c1ccccc1Cc1ccccc1. The van der Waals surface area contributed by atoms with E-state index in [1.165, 1.54) is 5.56 Å². The first-order chi connectivity index (χ1) is 11.3. The van der Waals surface area contributed by atoms with Gasteiger partial charge in [0.1, 0.15) is 0 Å². The topological polar surface area (TPSA) is 42.0 Å². The van der Waals surface area contributed by atoms with Gasteiger partial charge >= 0.3 is 0 Å². The second-order valence-electron chi connectivity index (χ2n) is 5.36. The van der Waals surface area contributed by atoms with Gasteiger partial charge in [0.2, 0.25) is 0 Å². The minimum absolute atomic E-state index is 0.0552. The summed E-state index contributed by atoms with van der Waals surface area (Å²) >= 11 is 0. The molecule has 1 aromatic heterocycles. The fraction of sp³-hybridized carbons (Fsp3) is 0.100. The van der Waals surface area contributed by atoms with Crippen LogP contribution in [0.15, 0.2) is 79.1 Å². The molecule has 0 unspecified atom stereocenters. The Balaban J connectivity index is 1.73. The van der Waals surface area contributed by atoms with Crippen molar-refractivity contribution >= 4 is 5.91 Å². The molecule has 2 aromatic carbocycles. The van der Waals surface area contributed by atoms with Crippen LogP contribution >= 0.6 is 0 Å². The van der Waals surface area contributed by atoms with Gasteiger partial charge in [-0.2, -0.15) is 0 Å². The fourth-order valence-electron chi connectivity index (χ4n) is 2.49. The van der Waals surface area contributed by atoms with Crippen LogP contribution in [-0.2, 0) is 13.0 Å². The Labute approximate surface area is 136 Å². The lowest BCUT2D eigenvalue weighted by Crippen LogP contribution is -2.24. The van der Waals surface area contributed by atoms with Gasteiger partial charge in [-0.05, 0) is 35.2 Å². The van der Waals surface area contributed by atoms with Gasteiger partial charge in [0.25, 0.3) is 5.91 Å². The molecule has 0 fully saturated rings. The average molecular weight is 302 g/mol. The monoisotopic (exact) mass is 302 g/mol. The van der Waals surface area contributed by atoms with E-state index in [1.807, 2.05) is 54.6 Å². The van der Waals surface area contributed by atoms with Crippen LogP contribution in [0.3, 0.4) is 0 Å². The van der Waals surface area contributed by atoms with Crippen LogP contribution in [0.25, 0.3) is 0 Å². The largest absolute Gasteiger partial charge is 0.348 e. The van der Waals surface area contributed by atoms with Gasteiger partial charge in [-0.1, -0.05) is 54.6 Å². The molecule has 0 aliphatic carbocycles. The van der Waals surface area contributed by atoms with Crippen LogP contribution in [0, 0.1) is 0 Å². The predicted molar refractivity (Wildman–Crippen MR) is 91.1 cm³/mol. The molecule has 1 amide bonds. The normalized spacial score (nSPS) is 10.3. The Kier molecular flexibility index (Phi) is 4.79. The number of nitrogens with one attached hydrogen (secondary N) is 1. The third-order valence-electron chi connectivity index (χ3n) is 3.68. The number of hydrogen-bond donors (Lipinski definition) is 1. The minimum Gasteiger partial charge on any atom is -0.348 e. The highest BCUT2D eigenvalue weighted by molar-refractivity contribution is 5.95. The Morgan fingerprint density at radius 3 is 2.39 bits per heavy atom. The van der Waals surface area contributed by atoms with Gasteiger partial charge < -0.3 is 5.32 Å². The smallest absolute Gasteiger partial charge is 0.251 e. The molecule has 3 rings (SSSR count). The summed E-state index contributed by atoms with van der Waals surface area (Å²) in [7, 11) is 0. The maximum atomic E-state index is 12.5. The van der Waals surface area contributed by atoms with Gasteiger partial charge in [-0.25, -0.2) is 0 Å². The molecule has 3 heteroatoms. The second-order valence-corrected chi connectivity index (χ2v) is 5.36. The Morgan fingerprint density at radius 1 is 0.870 bits per heavy atom. The summed E-state index contributed by atoms with van der Waals surface area (Å²) in [5.74, 6) is -0.0552. The average Bonchev–Trinajstić information content (AvgIpc) is 2.62. The second kappa shape index (κ2) is 7.36. The number of pyridine rings is 1. The van der Waals surface area contributed by atoms with E-state index < -0.39 is 0 Å². The first-order valence-corrected chi connectivity index (χ1v) is 7.62. The number of aromatic nitrogens is 1. The first kappa shape index (κ1) is 15.0. The molecular formula is C20H18N2O. The van der Waals surface area contributed by atoms with E-state index in [2.05, 4.69) is 22.4 Å². The van der Waals surface area contributed by atoms with Crippen molar-refractivity contribution in [3.8, 4) is 0 Å². The van der Waals surface area contributed by atoms with Gasteiger partial charge in [-0.15, -0.1) is 0 Å². The van der Waals surface area contributed by atoms with E-state index in [4.69, 9.17) is 0 Å². The number of carbonyl (C=O) groups excluding carboxylic acids is 1. The number of hydrogen-bond acceptors (Lipinski definition) is 2. The molecule has 0 saturated heterocycles. The molecule has 0 atom stereocenters.